The number of aromatic nitrogens is 1. The normalized spacial score (nSPS) is 12.3. The molecule has 0 aliphatic heterocycles. The minimum absolute atomic E-state index is 0.487. The lowest BCUT2D eigenvalue weighted by atomic mass is 10.1. The second-order valence-electron chi connectivity index (χ2n) is 4.79. The highest BCUT2D eigenvalue weighted by atomic mass is 35.5. The Morgan fingerprint density at radius 1 is 1.14 bits per heavy atom. The molecular weight excluding hydrogens is 286 g/mol. The molecule has 106 valence electrons. The molecule has 0 saturated heterocycles. The van der Waals surface area contributed by atoms with Gasteiger partial charge in [0, 0.05) is 11.6 Å². The van der Waals surface area contributed by atoms with Crippen molar-refractivity contribution in [1.82, 2.24) is 4.98 Å². The van der Waals surface area contributed by atoms with Gasteiger partial charge in [0.1, 0.15) is 11.5 Å². The Morgan fingerprint density at radius 3 is 2.76 bits per heavy atom. The van der Waals surface area contributed by atoms with Crippen molar-refractivity contribution in [2.24, 2.45) is 0 Å². The van der Waals surface area contributed by atoms with Gasteiger partial charge in [0.2, 0.25) is 0 Å². The first-order valence-electron chi connectivity index (χ1n) is 6.64. The summed E-state index contributed by atoms with van der Waals surface area (Å²) in [4.78, 5) is 4.30. The summed E-state index contributed by atoms with van der Waals surface area (Å²) < 4.78 is 5.90. The fourth-order valence-electron chi connectivity index (χ4n) is 2.20. The van der Waals surface area contributed by atoms with Crippen LogP contribution in [0.1, 0.15) is 18.6 Å². The van der Waals surface area contributed by atoms with E-state index in [1.807, 2.05) is 30.3 Å². The van der Waals surface area contributed by atoms with Gasteiger partial charge in [0.25, 0.3) is 0 Å². The van der Waals surface area contributed by atoms with Crippen molar-refractivity contribution in [3.8, 4) is 11.5 Å². The monoisotopic (exact) mass is 299 g/mol. The average molecular weight is 300 g/mol. The van der Waals surface area contributed by atoms with E-state index >= 15 is 0 Å². The molecule has 0 radical (unpaired) electrons. The molecule has 0 bridgehead atoms. The average Bonchev–Trinajstić information content (AvgIpc) is 2.47. The predicted octanol–water partition coefficient (Wildman–Crippen LogP) is 4.73. The number of fused-ring (bicyclic) bond motifs is 1. The number of hydrogen-bond donors (Lipinski definition) is 1. The third-order valence-corrected chi connectivity index (χ3v) is 3.58. The van der Waals surface area contributed by atoms with Crippen LogP contribution in [0, 0.1) is 0 Å². The van der Waals surface area contributed by atoms with Crippen LogP contribution in [0.4, 0.5) is 0 Å². The van der Waals surface area contributed by atoms with Gasteiger partial charge in [-0.1, -0.05) is 23.7 Å². The van der Waals surface area contributed by atoms with Gasteiger partial charge in [-0.15, -0.1) is 0 Å². The van der Waals surface area contributed by atoms with Gasteiger partial charge in [0.15, 0.2) is 0 Å². The van der Waals surface area contributed by atoms with E-state index in [2.05, 4.69) is 4.98 Å². The Hall–Kier alpha value is -2.10. The lowest BCUT2D eigenvalue weighted by Crippen LogP contribution is -1.93. The third-order valence-electron chi connectivity index (χ3n) is 3.26. The summed E-state index contributed by atoms with van der Waals surface area (Å²) in [6.07, 6.45) is 1.15. The molecule has 4 heteroatoms. The number of rotatable bonds is 3. The van der Waals surface area contributed by atoms with Crippen LogP contribution in [0.3, 0.4) is 0 Å². The van der Waals surface area contributed by atoms with E-state index in [0.717, 1.165) is 16.7 Å². The summed E-state index contributed by atoms with van der Waals surface area (Å²) in [6, 6.07) is 14.8. The summed E-state index contributed by atoms with van der Waals surface area (Å²) >= 11 is 6.16. The summed E-state index contributed by atoms with van der Waals surface area (Å²) in [7, 11) is 0. The number of ether oxygens (including phenoxy) is 1. The van der Waals surface area contributed by atoms with Gasteiger partial charge < -0.3 is 9.84 Å². The molecule has 1 heterocycles. The molecule has 3 nitrogen and oxygen atoms in total. The van der Waals surface area contributed by atoms with E-state index < -0.39 is 6.10 Å². The Morgan fingerprint density at radius 2 is 2.00 bits per heavy atom. The standard InChI is InChI=1S/C17H14ClNO2/c1-11(20)13-8-7-12(10-15(13)18)21-17-6-2-5-16-14(17)4-3-9-19-16/h2-11,20H,1H3. The van der Waals surface area contributed by atoms with E-state index in [-0.39, 0.29) is 0 Å². The van der Waals surface area contributed by atoms with Crippen LogP contribution >= 0.6 is 11.6 Å². The molecule has 1 unspecified atom stereocenters. The zero-order chi connectivity index (χ0) is 14.8. The van der Waals surface area contributed by atoms with Crippen molar-refractivity contribution in [3.05, 3.63) is 65.3 Å². The number of aliphatic hydroxyl groups is 1. The lowest BCUT2D eigenvalue weighted by molar-refractivity contribution is 0.199. The summed E-state index contributed by atoms with van der Waals surface area (Å²) in [6.45, 7) is 1.68. The molecule has 3 aromatic rings. The van der Waals surface area contributed by atoms with E-state index in [1.165, 1.54) is 0 Å². The molecule has 0 saturated carbocycles. The maximum Gasteiger partial charge on any atom is 0.136 e. The highest BCUT2D eigenvalue weighted by Gasteiger charge is 2.09. The zero-order valence-corrected chi connectivity index (χ0v) is 12.2. The van der Waals surface area contributed by atoms with Crippen LogP contribution in [-0.4, -0.2) is 10.1 Å². The lowest BCUT2D eigenvalue weighted by Gasteiger charge is -2.11. The molecule has 0 spiro atoms. The first kappa shape index (κ1) is 13.9. The maximum absolute atomic E-state index is 9.59. The van der Waals surface area contributed by atoms with E-state index in [0.29, 0.717) is 16.3 Å². The highest BCUT2D eigenvalue weighted by molar-refractivity contribution is 6.31. The molecule has 1 aromatic heterocycles. The molecule has 0 aliphatic carbocycles. The number of pyridine rings is 1. The largest absolute Gasteiger partial charge is 0.457 e. The minimum Gasteiger partial charge on any atom is -0.457 e. The molecule has 1 N–H and O–H groups in total. The van der Waals surface area contributed by atoms with Crippen LogP contribution in [0.25, 0.3) is 10.9 Å². The molecular formula is C17H14ClNO2. The van der Waals surface area contributed by atoms with Crippen molar-refractivity contribution >= 4 is 22.5 Å². The number of halogens is 1. The number of hydrogen-bond acceptors (Lipinski definition) is 3. The van der Waals surface area contributed by atoms with Crippen LogP contribution in [0.5, 0.6) is 11.5 Å². The molecule has 0 aliphatic rings. The van der Waals surface area contributed by atoms with Crippen LogP contribution < -0.4 is 4.74 Å². The number of aliphatic hydroxyl groups excluding tert-OH is 1. The number of nitrogens with zero attached hydrogens (tertiary/aromatic N) is 1. The second-order valence-corrected chi connectivity index (χ2v) is 5.19. The number of benzene rings is 2. The van der Waals surface area contributed by atoms with E-state index in [4.69, 9.17) is 16.3 Å². The van der Waals surface area contributed by atoms with Crippen LogP contribution in [0.2, 0.25) is 5.02 Å². The fourth-order valence-corrected chi connectivity index (χ4v) is 2.53. The first-order chi connectivity index (χ1) is 10.1. The SMILES string of the molecule is CC(O)c1ccc(Oc2cccc3ncccc23)cc1Cl. The fraction of sp³-hybridized carbons (Fsp3) is 0.118. The van der Waals surface area contributed by atoms with Gasteiger partial charge in [0.05, 0.1) is 16.6 Å². The smallest absolute Gasteiger partial charge is 0.136 e. The Kier molecular flexibility index (Phi) is 3.78. The van der Waals surface area contributed by atoms with Crippen molar-refractivity contribution in [2.45, 2.75) is 13.0 Å². The highest BCUT2D eigenvalue weighted by Crippen LogP contribution is 2.32. The predicted molar refractivity (Wildman–Crippen MR) is 83.9 cm³/mol. The van der Waals surface area contributed by atoms with Crippen LogP contribution in [0.15, 0.2) is 54.7 Å². The Labute approximate surface area is 127 Å². The summed E-state index contributed by atoms with van der Waals surface area (Å²) in [5.41, 5.74) is 1.56. The van der Waals surface area contributed by atoms with Crippen molar-refractivity contribution in [3.63, 3.8) is 0 Å². The van der Waals surface area contributed by atoms with Gasteiger partial charge in [-0.2, -0.15) is 0 Å². The molecule has 3 rings (SSSR count). The molecule has 21 heavy (non-hydrogen) atoms. The van der Waals surface area contributed by atoms with Crippen molar-refractivity contribution in [1.29, 1.82) is 0 Å². The second kappa shape index (κ2) is 5.72. The minimum atomic E-state index is -0.603. The summed E-state index contributed by atoms with van der Waals surface area (Å²) in [5, 5.41) is 11.0. The van der Waals surface area contributed by atoms with Crippen molar-refractivity contribution < 1.29 is 9.84 Å². The molecule has 1 atom stereocenters. The molecule has 2 aromatic carbocycles. The maximum atomic E-state index is 9.59. The van der Waals surface area contributed by atoms with Crippen LogP contribution in [-0.2, 0) is 0 Å². The molecule has 0 amide bonds. The third kappa shape index (κ3) is 2.84. The van der Waals surface area contributed by atoms with Gasteiger partial charge >= 0.3 is 0 Å². The topological polar surface area (TPSA) is 42.4 Å². The Bertz CT molecular complexity index is 781. The van der Waals surface area contributed by atoms with E-state index in [9.17, 15) is 5.11 Å². The van der Waals surface area contributed by atoms with E-state index in [1.54, 1.807) is 31.3 Å². The van der Waals surface area contributed by atoms with Crippen molar-refractivity contribution in [2.75, 3.05) is 0 Å². The van der Waals surface area contributed by atoms with Gasteiger partial charge in [-0.3, -0.25) is 4.98 Å². The van der Waals surface area contributed by atoms with Gasteiger partial charge in [-0.05, 0) is 48.9 Å². The van der Waals surface area contributed by atoms with Gasteiger partial charge in [-0.25, -0.2) is 0 Å². The Balaban J connectivity index is 1.97. The first-order valence-corrected chi connectivity index (χ1v) is 7.02. The zero-order valence-electron chi connectivity index (χ0n) is 11.5. The quantitative estimate of drug-likeness (QED) is 0.760. The molecule has 0 fully saturated rings. The summed E-state index contributed by atoms with van der Waals surface area (Å²) in [5.74, 6) is 1.35.